The molecule has 1 fully saturated rings. The van der Waals surface area contributed by atoms with Gasteiger partial charge >= 0.3 is 0 Å². The minimum Gasteiger partial charge on any atom is -0.326 e. The van der Waals surface area contributed by atoms with Gasteiger partial charge in [-0.1, -0.05) is 48.9 Å². The van der Waals surface area contributed by atoms with Gasteiger partial charge in [-0.25, -0.2) is 12.7 Å². The van der Waals surface area contributed by atoms with Gasteiger partial charge in [0.05, 0.1) is 5.75 Å². The molecule has 1 N–H and O–H groups in total. The van der Waals surface area contributed by atoms with Gasteiger partial charge in [-0.15, -0.1) is 0 Å². The minimum atomic E-state index is -3.46. The van der Waals surface area contributed by atoms with Gasteiger partial charge in [0, 0.05) is 29.7 Å². The third-order valence-electron chi connectivity index (χ3n) is 5.14. The molecule has 0 bridgehead atoms. The molecule has 3 rings (SSSR count). The summed E-state index contributed by atoms with van der Waals surface area (Å²) in [5, 5.41) is 3.39. The third kappa shape index (κ3) is 5.13. The van der Waals surface area contributed by atoms with Crippen LogP contribution < -0.4 is 5.32 Å². The molecule has 2 aromatic rings. The Morgan fingerprint density at radius 3 is 2.36 bits per heavy atom. The Hall–Kier alpha value is -1.89. The van der Waals surface area contributed by atoms with E-state index in [9.17, 15) is 13.2 Å². The van der Waals surface area contributed by atoms with Gasteiger partial charge < -0.3 is 5.32 Å². The number of carbonyl (C=O) groups is 1. The smallest absolute Gasteiger partial charge is 0.227 e. The van der Waals surface area contributed by atoms with Crippen molar-refractivity contribution in [1.82, 2.24) is 4.31 Å². The van der Waals surface area contributed by atoms with E-state index in [1.165, 1.54) is 9.87 Å². The van der Waals surface area contributed by atoms with E-state index in [0.29, 0.717) is 36.5 Å². The first kappa shape index (κ1) is 20.8. The molecule has 1 heterocycles. The van der Waals surface area contributed by atoms with Crippen LogP contribution in [0.3, 0.4) is 0 Å². The highest BCUT2D eigenvalue weighted by Crippen LogP contribution is 2.25. The lowest BCUT2D eigenvalue weighted by Crippen LogP contribution is -2.41. The number of hydrogen-bond acceptors (Lipinski definition) is 3. The number of halogens is 1. The van der Waals surface area contributed by atoms with Crippen LogP contribution in [0.2, 0.25) is 5.02 Å². The van der Waals surface area contributed by atoms with E-state index in [4.69, 9.17) is 11.6 Å². The molecule has 0 atom stereocenters. The highest BCUT2D eigenvalue weighted by molar-refractivity contribution is 7.88. The van der Waals surface area contributed by atoms with Crippen molar-refractivity contribution in [3.8, 4) is 0 Å². The Kier molecular flexibility index (Phi) is 6.75. The Morgan fingerprint density at radius 1 is 1.11 bits per heavy atom. The summed E-state index contributed by atoms with van der Waals surface area (Å²) in [5.41, 5.74) is 2.59. The second-order valence-corrected chi connectivity index (χ2v) is 9.44. The fourth-order valence-electron chi connectivity index (χ4n) is 3.37. The zero-order valence-electron chi connectivity index (χ0n) is 15.9. The summed E-state index contributed by atoms with van der Waals surface area (Å²) in [6.45, 7) is 2.78. The first-order valence-corrected chi connectivity index (χ1v) is 11.5. The molecule has 0 spiro atoms. The highest BCUT2D eigenvalue weighted by Gasteiger charge is 2.31. The summed E-state index contributed by atoms with van der Waals surface area (Å²) in [6.07, 6.45) is 1.98. The summed E-state index contributed by atoms with van der Waals surface area (Å²) in [6, 6.07) is 14.8. The number of piperidine rings is 1. The van der Waals surface area contributed by atoms with Crippen molar-refractivity contribution >= 4 is 33.2 Å². The maximum absolute atomic E-state index is 12.7. The molecule has 28 heavy (non-hydrogen) atoms. The second-order valence-electron chi connectivity index (χ2n) is 7.06. The van der Waals surface area contributed by atoms with Crippen LogP contribution in [0.15, 0.2) is 48.5 Å². The van der Waals surface area contributed by atoms with E-state index in [2.05, 4.69) is 12.2 Å². The first-order valence-electron chi connectivity index (χ1n) is 9.50. The third-order valence-corrected chi connectivity index (χ3v) is 7.34. The number of hydrogen-bond donors (Lipinski definition) is 1. The molecule has 150 valence electrons. The average Bonchev–Trinajstić information content (AvgIpc) is 2.70. The molecule has 0 radical (unpaired) electrons. The molecule has 0 aromatic heterocycles. The van der Waals surface area contributed by atoms with E-state index in [-0.39, 0.29) is 17.6 Å². The maximum Gasteiger partial charge on any atom is 0.227 e. The number of rotatable bonds is 6. The number of nitrogens with one attached hydrogen (secondary N) is 1. The zero-order chi connectivity index (χ0) is 20.1. The van der Waals surface area contributed by atoms with Gasteiger partial charge in [-0.2, -0.15) is 0 Å². The lowest BCUT2D eigenvalue weighted by atomic mass is 9.97. The largest absolute Gasteiger partial charge is 0.326 e. The SMILES string of the molecule is CCc1ccc(NC(=O)C2CCN(S(=O)(=O)Cc3ccccc3Cl)CC2)cc1. The quantitative estimate of drug-likeness (QED) is 0.765. The first-order chi connectivity index (χ1) is 13.4. The summed E-state index contributed by atoms with van der Waals surface area (Å²) in [4.78, 5) is 12.5. The van der Waals surface area contributed by atoms with Crippen LogP contribution in [0.25, 0.3) is 0 Å². The number of nitrogens with zero attached hydrogens (tertiary/aromatic N) is 1. The highest BCUT2D eigenvalue weighted by atomic mass is 35.5. The number of aryl methyl sites for hydroxylation is 1. The van der Waals surface area contributed by atoms with Crippen molar-refractivity contribution in [3.05, 3.63) is 64.7 Å². The molecule has 7 heteroatoms. The summed E-state index contributed by atoms with van der Waals surface area (Å²) in [5.74, 6) is -0.349. The summed E-state index contributed by atoms with van der Waals surface area (Å²) in [7, 11) is -3.46. The van der Waals surface area contributed by atoms with Crippen molar-refractivity contribution in [2.45, 2.75) is 31.9 Å². The fourth-order valence-corrected chi connectivity index (χ4v) is 5.24. The Labute approximate surface area is 171 Å². The van der Waals surface area contributed by atoms with Crippen LogP contribution in [0.1, 0.15) is 30.9 Å². The topological polar surface area (TPSA) is 66.5 Å². The van der Waals surface area contributed by atoms with Crippen LogP contribution in [-0.4, -0.2) is 31.7 Å². The molecular formula is C21H25ClN2O3S. The van der Waals surface area contributed by atoms with Crippen LogP contribution in [0.5, 0.6) is 0 Å². The molecule has 0 aliphatic carbocycles. The Balaban J connectivity index is 1.55. The number of anilines is 1. The van der Waals surface area contributed by atoms with Crippen LogP contribution in [0, 0.1) is 5.92 Å². The monoisotopic (exact) mass is 420 g/mol. The van der Waals surface area contributed by atoms with E-state index >= 15 is 0 Å². The molecule has 1 saturated heterocycles. The molecule has 1 amide bonds. The van der Waals surface area contributed by atoms with Gasteiger partial charge in [0.2, 0.25) is 15.9 Å². The molecule has 5 nitrogen and oxygen atoms in total. The predicted molar refractivity (Wildman–Crippen MR) is 113 cm³/mol. The molecule has 2 aromatic carbocycles. The number of carbonyl (C=O) groups excluding carboxylic acids is 1. The maximum atomic E-state index is 12.7. The molecule has 1 aliphatic heterocycles. The molecule has 0 unspecified atom stereocenters. The van der Waals surface area contributed by atoms with Crippen molar-refractivity contribution in [2.75, 3.05) is 18.4 Å². The Bertz CT molecular complexity index is 921. The van der Waals surface area contributed by atoms with Crippen molar-refractivity contribution in [2.24, 2.45) is 5.92 Å². The van der Waals surface area contributed by atoms with E-state index in [0.717, 1.165) is 12.1 Å². The fraction of sp³-hybridized carbons (Fsp3) is 0.381. The predicted octanol–water partition coefficient (Wildman–Crippen LogP) is 4.08. The van der Waals surface area contributed by atoms with Gasteiger partial charge in [0.1, 0.15) is 0 Å². The average molecular weight is 421 g/mol. The normalized spacial score (nSPS) is 16.1. The summed E-state index contributed by atoms with van der Waals surface area (Å²) < 4.78 is 26.9. The molecule has 1 aliphatic rings. The van der Waals surface area contributed by atoms with Crippen LogP contribution in [0.4, 0.5) is 5.69 Å². The summed E-state index contributed by atoms with van der Waals surface area (Å²) >= 11 is 6.09. The van der Waals surface area contributed by atoms with Crippen LogP contribution >= 0.6 is 11.6 Å². The second kappa shape index (κ2) is 9.07. The van der Waals surface area contributed by atoms with Gasteiger partial charge in [0.25, 0.3) is 0 Å². The van der Waals surface area contributed by atoms with Gasteiger partial charge in [-0.3, -0.25) is 4.79 Å². The number of sulfonamides is 1. The van der Waals surface area contributed by atoms with Crippen molar-refractivity contribution in [1.29, 1.82) is 0 Å². The van der Waals surface area contributed by atoms with Crippen molar-refractivity contribution in [3.63, 3.8) is 0 Å². The standard InChI is InChI=1S/C21H25ClN2O3S/c1-2-16-7-9-19(10-8-16)23-21(25)17-11-13-24(14-12-17)28(26,27)15-18-5-3-4-6-20(18)22/h3-10,17H,2,11-15H2,1H3,(H,23,25). The molecule has 0 saturated carbocycles. The van der Waals surface area contributed by atoms with Gasteiger partial charge in [-0.05, 0) is 48.6 Å². The molecular weight excluding hydrogens is 396 g/mol. The lowest BCUT2D eigenvalue weighted by molar-refractivity contribution is -0.120. The zero-order valence-corrected chi connectivity index (χ0v) is 17.5. The number of benzene rings is 2. The minimum absolute atomic E-state index is 0.0487. The van der Waals surface area contributed by atoms with Crippen molar-refractivity contribution < 1.29 is 13.2 Å². The van der Waals surface area contributed by atoms with E-state index < -0.39 is 10.0 Å². The van der Waals surface area contributed by atoms with Crippen LogP contribution in [-0.2, 0) is 27.0 Å². The van der Waals surface area contributed by atoms with E-state index in [1.807, 2.05) is 24.3 Å². The van der Waals surface area contributed by atoms with E-state index in [1.54, 1.807) is 24.3 Å². The lowest BCUT2D eigenvalue weighted by Gasteiger charge is -2.30. The Morgan fingerprint density at radius 2 is 1.75 bits per heavy atom. The van der Waals surface area contributed by atoms with Gasteiger partial charge in [0.15, 0.2) is 0 Å². The number of amides is 1.